The first-order valence-corrected chi connectivity index (χ1v) is 7.16. The molecular formula is C16H18N4O4. The normalized spacial score (nSPS) is 12.0. The van der Waals surface area contributed by atoms with Gasteiger partial charge in [0.25, 0.3) is 5.69 Å². The molecule has 0 bridgehead atoms. The van der Waals surface area contributed by atoms with Crippen LogP contribution in [0.4, 0.5) is 5.69 Å². The maximum absolute atomic E-state index is 11.0. The average Bonchev–Trinajstić information content (AvgIpc) is 2.59. The molecule has 126 valence electrons. The summed E-state index contributed by atoms with van der Waals surface area (Å²) in [4.78, 5) is 19.0. The predicted molar refractivity (Wildman–Crippen MR) is 92.3 cm³/mol. The first kappa shape index (κ1) is 17.4. The van der Waals surface area contributed by atoms with Gasteiger partial charge in [0.1, 0.15) is 12.4 Å². The molecular weight excluding hydrogens is 312 g/mol. The van der Waals surface area contributed by atoms with Crippen molar-refractivity contribution in [1.82, 2.24) is 4.98 Å². The first-order chi connectivity index (χ1) is 11.6. The molecule has 0 atom stereocenters. The highest BCUT2D eigenvalue weighted by Gasteiger charge is 2.14. The highest BCUT2D eigenvalue weighted by Crippen LogP contribution is 2.30. The summed E-state index contributed by atoms with van der Waals surface area (Å²) < 4.78 is 10.7. The minimum Gasteiger partial charge on any atom is -0.490 e. The van der Waals surface area contributed by atoms with Crippen molar-refractivity contribution in [3.05, 3.63) is 46.3 Å². The number of nitrogens with two attached hydrogens (primary N) is 1. The topological polar surface area (TPSA) is 113 Å². The molecule has 1 aromatic carbocycles. The van der Waals surface area contributed by atoms with Gasteiger partial charge < -0.3 is 15.2 Å². The summed E-state index contributed by atoms with van der Waals surface area (Å²) in [5.41, 5.74) is 7.35. The third kappa shape index (κ3) is 3.85. The summed E-state index contributed by atoms with van der Waals surface area (Å²) in [6.07, 6.45) is 2.98. The van der Waals surface area contributed by atoms with Crippen LogP contribution in [-0.2, 0) is 4.74 Å². The van der Waals surface area contributed by atoms with E-state index in [0.717, 1.165) is 0 Å². The van der Waals surface area contributed by atoms with E-state index in [1.807, 2.05) is 0 Å². The number of aromatic nitrogens is 1. The molecule has 0 aliphatic rings. The SMILES string of the molecule is CN=CC(=CN)c1cc(OCCOC)c2cc([N+](=O)[O-])ccc2n1. The second-order valence-corrected chi connectivity index (χ2v) is 4.81. The number of nitro benzene ring substituents is 1. The van der Waals surface area contributed by atoms with Gasteiger partial charge in [0.2, 0.25) is 0 Å². The minimum atomic E-state index is -0.457. The van der Waals surface area contributed by atoms with E-state index < -0.39 is 4.92 Å². The van der Waals surface area contributed by atoms with Crippen LogP contribution in [0.15, 0.2) is 35.5 Å². The molecule has 0 aliphatic carbocycles. The van der Waals surface area contributed by atoms with Gasteiger partial charge >= 0.3 is 0 Å². The number of benzene rings is 1. The number of hydrogen-bond acceptors (Lipinski definition) is 7. The van der Waals surface area contributed by atoms with Crippen LogP contribution < -0.4 is 10.5 Å². The van der Waals surface area contributed by atoms with Crippen LogP contribution in [-0.4, -0.2) is 43.5 Å². The zero-order valence-electron chi connectivity index (χ0n) is 13.4. The molecule has 24 heavy (non-hydrogen) atoms. The van der Waals surface area contributed by atoms with Crippen LogP contribution in [0.5, 0.6) is 5.75 Å². The lowest BCUT2D eigenvalue weighted by atomic mass is 10.1. The fourth-order valence-corrected chi connectivity index (χ4v) is 2.13. The number of fused-ring (bicyclic) bond motifs is 1. The Hall–Kier alpha value is -3.00. The van der Waals surface area contributed by atoms with E-state index in [1.165, 1.54) is 18.3 Å². The van der Waals surface area contributed by atoms with Gasteiger partial charge in [0, 0.05) is 55.7 Å². The van der Waals surface area contributed by atoms with Gasteiger partial charge in [-0.15, -0.1) is 0 Å². The van der Waals surface area contributed by atoms with Crippen molar-refractivity contribution in [2.45, 2.75) is 0 Å². The Morgan fingerprint density at radius 1 is 1.42 bits per heavy atom. The molecule has 0 fully saturated rings. The Morgan fingerprint density at radius 3 is 2.83 bits per heavy atom. The average molecular weight is 330 g/mol. The van der Waals surface area contributed by atoms with Crippen LogP contribution in [0.3, 0.4) is 0 Å². The van der Waals surface area contributed by atoms with Crippen molar-refractivity contribution in [2.24, 2.45) is 10.7 Å². The van der Waals surface area contributed by atoms with Crippen LogP contribution in [0, 0.1) is 10.1 Å². The molecule has 0 radical (unpaired) electrons. The summed E-state index contributed by atoms with van der Waals surface area (Å²) in [7, 11) is 3.20. The number of nitro groups is 1. The monoisotopic (exact) mass is 330 g/mol. The zero-order chi connectivity index (χ0) is 17.5. The predicted octanol–water partition coefficient (Wildman–Crippen LogP) is 2.17. The standard InChI is InChI=1S/C16H18N4O4/c1-18-10-11(9-17)15-8-16(24-6-5-23-2)13-7-12(20(21)22)3-4-14(13)19-15/h3-4,7-10H,5-6,17H2,1-2H3. The third-order valence-corrected chi connectivity index (χ3v) is 3.25. The van der Waals surface area contributed by atoms with E-state index in [1.54, 1.807) is 32.5 Å². The number of non-ortho nitro benzene ring substituents is 1. The Balaban J connectivity index is 2.59. The van der Waals surface area contributed by atoms with Crippen molar-refractivity contribution in [3.63, 3.8) is 0 Å². The molecule has 0 amide bonds. The fraction of sp³-hybridized carbons (Fsp3) is 0.250. The molecule has 2 rings (SSSR count). The maximum atomic E-state index is 11.0. The highest BCUT2D eigenvalue weighted by atomic mass is 16.6. The molecule has 0 unspecified atom stereocenters. The van der Waals surface area contributed by atoms with E-state index in [-0.39, 0.29) is 5.69 Å². The molecule has 2 aromatic rings. The van der Waals surface area contributed by atoms with Crippen LogP contribution in [0.1, 0.15) is 5.69 Å². The lowest BCUT2D eigenvalue weighted by molar-refractivity contribution is -0.384. The van der Waals surface area contributed by atoms with Crippen molar-refractivity contribution < 1.29 is 14.4 Å². The number of hydrogen-bond donors (Lipinski definition) is 1. The number of aliphatic imine (C=N–C) groups is 1. The maximum Gasteiger partial charge on any atom is 0.270 e. The summed E-state index contributed by atoms with van der Waals surface area (Å²) in [5.74, 6) is 0.472. The molecule has 0 saturated carbocycles. The largest absolute Gasteiger partial charge is 0.490 e. The van der Waals surface area contributed by atoms with Gasteiger partial charge in [0.05, 0.1) is 22.7 Å². The summed E-state index contributed by atoms with van der Waals surface area (Å²) in [6.45, 7) is 0.700. The van der Waals surface area contributed by atoms with E-state index in [2.05, 4.69) is 9.98 Å². The number of pyridine rings is 1. The lowest BCUT2D eigenvalue weighted by Gasteiger charge is -2.11. The Morgan fingerprint density at radius 2 is 2.21 bits per heavy atom. The van der Waals surface area contributed by atoms with Crippen LogP contribution >= 0.6 is 0 Å². The second-order valence-electron chi connectivity index (χ2n) is 4.81. The van der Waals surface area contributed by atoms with E-state index in [9.17, 15) is 10.1 Å². The number of ether oxygens (including phenoxy) is 2. The van der Waals surface area contributed by atoms with Crippen molar-refractivity contribution >= 4 is 28.4 Å². The van der Waals surface area contributed by atoms with Gasteiger partial charge in [-0.05, 0) is 6.07 Å². The van der Waals surface area contributed by atoms with E-state index in [4.69, 9.17) is 15.2 Å². The Labute approximate surface area is 138 Å². The molecule has 2 N–H and O–H groups in total. The number of nitrogens with zero attached hydrogens (tertiary/aromatic N) is 3. The smallest absolute Gasteiger partial charge is 0.270 e. The molecule has 0 saturated heterocycles. The van der Waals surface area contributed by atoms with Crippen molar-refractivity contribution in [2.75, 3.05) is 27.4 Å². The Bertz CT molecular complexity index is 802. The van der Waals surface area contributed by atoms with Crippen molar-refractivity contribution in [1.29, 1.82) is 0 Å². The quantitative estimate of drug-likeness (QED) is 0.360. The number of allylic oxidation sites excluding steroid dienone is 1. The van der Waals surface area contributed by atoms with Crippen molar-refractivity contribution in [3.8, 4) is 5.75 Å². The minimum absolute atomic E-state index is 0.0293. The zero-order valence-corrected chi connectivity index (χ0v) is 13.4. The van der Waals surface area contributed by atoms with Gasteiger partial charge in [-0.1, -0.05) is 0 Å². The molecule has 0 aliphatic heterocycles. The van der Waals surface area contributed by atoms with Crippen LogP contribution in [0.2, 0.25) is 0 Å². The molecule has 0 spiro atoms. The van der Waals surface area contributed by atoms with Gasteiger partial charge in [-0.25, -0.2) is 4.98 Å². The highest BCUT2D eigenvalue weighted by molar-refractivity contribution is 6.09. The molecule has 1 aromatic heterocycles. The van der Waals surface area contributed by atoms with E-state index in [0.29, 0.717) is 41.1 Å². The van der Waals surface area contributed by atoms with Gasteiger partial charge in [0.15, 0.2) is 0 Å². The summed E-state index contributed by atoms with van der Waals surface area (Å²) in [5, 5.41) is 11.6. The molecule has 1 heterocycles. The lowest BCUT2D eigenvalue weighted by Crippen LogP contribution is -2.06. The third-order valence-electron chi connectivity index (χ3n) is 3.25. The second kappa shape index (κ2) is 8.02. The molecule has 8 nitrogen and oxygen atoms in total. The molecule has 8 heteroatoms. The van der Waals surface area contributed by atoms with E-state index >= 15 is 0 Å². The van der Waals surface area contributed by atoms with Gasteiger partial charge in [-0.3, -0.25) is 15.1 Å². The number of rotatable bonds is 7. The first-order valence-electron chi connectivity index (χ1n) is 7.16. The number of methoxy groups -OCH3 is 1. The summed E-state index contributed by atoms with van der Waals surface area (Å²) >= 11 is 0. The fourth-order valence-electron chi connectivity index (χ4n) is 2.13. The van der Waals surface area contributed by atoms with Gasteiger partial charge in [-0.2, -0.15) is 0 Å². The summed E-state index contributed by atoms with van der Waals surface area (Å²) in [6, 6.07) is 6.10. The van der Waals surface area contributed by atoms with Crippen LogP contribution in [0.25, 0.3) is 16.5 Å². The Kier molecular flexibility index (Phi) is 5.80.